The number of hydrogen-bond donors (Lipinski definition) is 0. The van der Waals surface area contributed by atoms with Crippen molar-refractivity contribution in [2.75, 3.05) is 6.61 Å². The molecule has 0 aliphatic carbocycles. The van der Waals surface area contributed by atoms with E-state index < -0.39 is 0 Å². The van der Waals surface area contributed by atoms with Crippen molar-refractivity contribution in [3.63, 3.8) is 0 Å². The third-order valence-corrected chi connectivity index (χ3v) is 2.54. The van der Waals surface area contributed by atoms with Crippen LogP contribution in [0, 0.1) is 0 Å². The molecular weight excluding hydrogens is 164 g/mol. The monoisotopic (exact) mass is 184 g/mol. The normalized spacial score (nSPS) is 23.0. The summed E-state index contributed by atoms with van der Waals surface area (Å²) < 4.78 is 5.51. The van der Waals surface area contributed by atoms with Gasteiger partial charge in [-0.25, -0.2) is 0 Å². The van der Waals surface area contributed by atoms with Crippen LogP contribution >= 0.6 is 0 Å². The minimum atomic E-state index is 0.234. The zero-order chi connectivity index (χ0) is 9.52. The van der Waals surface area contributed by atoms with Crippen LogP contribution in [-0.4, -0.2) is 18.5 Å². The molecule has 0 saturated carbocycles. The highest BCUT2D eigenvalue weighted by Gasteiger charge is 2.16. The largest absolute Gasteiger partial charge is 0.378 e. The van der Waals surface area contributed by atoms with Gasteiger partial charge < -0.3 is 4.74 Å². The summed E-state index contributed by atoms with van der Waals surface area (Å²) in [5.74, 6) is 0.383. The molecule has 1 heterocycles. The molecule has 1 saturated heterocycles. The van der Waals surface area contributed by atoms with E-state index in [1.807, 2.05) is 0 Å². The lowest BCUT2D eigenvalue weighted by molar-refractivity contribution is -0.122. The second-order valence-corrected chi connectivity index (χ2v) is 3.83. The molecule has 1 rings (SSSR count). The van der Waals surface area contributed by atoms with Gasteiger partial charge in [0.2, 0.25) is 0 Å². The molecule has 0 aromatic heterocycles. The summed E-state index contributed by atoms with van der Waals surface area (Å²) >= 11 is 0. The van der Waals surface area contributed by atoms with Crippen molar-refractivity contribution in [2.24, 2.45) is 0 Å². The van der Waals surface area contributed by atoms with Crippen LogP contribution in [0.15, 0.2) is 0 Å². The SMILES string of the molecule is CCCCC(=O)C[C@@H]1CCCCO1. The first kappa shape index (κ1) is 10.7. The first-order valence-electron chi connectivity index (χ1n) is 5.46. The second-order valence-electron chi connectivity index (χ2n) is 3.83. The number of unbranched alkanes of at least 4 members (excludes halogenated alkanes) is 1. The van der Waals surface area contributed by atoms with Crippen LogP contribution in [0.5, 0.6) is 0 Å². The number of hydrogen-bond acceptors (Lipinski definition) is 2. The summed E-state index contributed by atoms with van der Waals surface area (Å²) in [7, 11) is 0. The van der Waals surface area contributed by atoms with Crippen LogP contribution < -0.4 is 0 Å². The van der Waals surface area contributed by atoms with Gasteiger partial charge in [0, 0.05) is 19.4 Å². The molecule has 1 aliphatic rings. The van der Waals surface area contributed by atoms with E-state index in [1.54, 1.807) is 0 Å². The number of carbonyl (C=O) groups is 1. The highest BCUT2D eigenvalue weighted by Crippen LogP contribution is 2.16. The summed E-state index contributed by atoms with van der Waals surface area (Å²) in [6.07, 6.45) is 7.25. The summed E-state index contributed by atoms with van der Waals surface area (Å²) in [6, 6.07) is 0. The Labute approximate surface area is 80.7 Å². The molecule has 0 bridgehead atoms. The molecule has 2 nitrogen and oxygen atoms in total. The molecule has 1 atom stereocenters. The molecule has 2 heteroatoms. The summed E-state index contributed by atoms with van der Waals surface area (Å²) in [5.41, 5.74) is 0. The Bertz CT molecular complexity index is 148. The van der Waals surface area contributed by atoms with Crippen LogP contribution in [0.1, 0.15) is 51.9 Å². The topological polar surface area (TPSA) is 26.3 Å². The molecule has 0 radical (unpaired) electrons. The first-order chi connectivity index (χ1) is 6.33. The van der Waals surface area contributed by atoms with Crippen LogP contribution in [-0.2, 0) is 9.53 Å². The van der Waals surface area contributed by atoms with Gasteiger partial charge in [-0.15, -0.1) is 0 Å². The standard InChI is InChI=1S/C11H20O2/c1-2-3-6-10(12)9-11-7-4-5-8-13-11/h11H,2-9H2,1H3/t11-/m0/s1. The van der Waals surface area contributed by atoms with E-state index in [1.165, 1.54) is 12.8 Å². The molecule has 13 heavy (non-hydrogen) atoms. The van der Waals surface area contributed by atoms with Crippen molar-refractivity contribution in [3.8, 4) is 0 Å². The number of rotatable bonds is 5. The van der Waals surface area contributed by atoms with Gasteiger partial charge >= 0.3 is 0 Å². The molecular formula is C11H20O2. The van der Waals surface area contributed by atoms with Crippen LogP contribution in [0.3, 0.4) is 0 Å². The first-order valence-corrected chi connectivity index (χ1v) is 5.46. The van der Waals surface area contributed by atoms with E-state index in [9.17, 15) is 4.79 Å². The average Bonchev–Trinajstić information content (AvgIpc) is 2.16. The molecule has 0 spiro atoms. The van der Waals surface area contributed by atoms with E-state index in [-0.39, 0.29) is 6.10 Å². The van der Waals surface area contributed by atoms with Crippen molar-refractivity contribution in [1.82, 2.24) is 0 Å². The minimum absolute atomic E-state index is 0.234. The van der Waals surface area contributed by atoms with E-state index in [4.69, 9.17) is 4.74 Å². The average molecular weight is 184 g/mol. The number of ketones is 1. The van der Waals surface area contributed by atoms with Gasteiger partial charge in [0.1, 0.15) is 5.78 Å². The lowest BCUT2D eigenvalue weighted by atomic mass is 10.0. The van der Waals surface area contributed by atoms with E-state index in [2.05, 4.69) is 6.92 Å². The van der Waals surface area contributed by atoms with Crippen molar-refractivity contribution >= 4 is 5.78 Å². The van der Waals surface area contributed by atoms with Crippen LogP contribution in [0.25, 0.3) is 0 Å². The fourth-order valence-corrected chi connectivity index (χ4v) is 1.70. The van der Waals surface area contributed by atoms with Crippen molar-refractivity contribution in [3.05, 3.63) is 0 Å². The minimum Gasteiger partial charge on any atom is -0.378 e. The maximum Gasteiger partial charge on any atom is 0.135 e. The number of Topliss-reactive ketones (excluding diaryl/α,β-unsaturated/α-hetero) is 1. The molecule has 0 aromatic rings. The molecule has 0 amide bonds. The molecule has 0 N–H and O–H groups in total. The van der Waals surface area contributed by atoms with Crippen molar-refractivity contribution < 1.29 is 9.53 Å². The van der Waals surface area contributed by atoms with Gasteiger partial charge in [-0.2, -0.15) is 0 Å². The third-order valence-electron chi connectivity index (χ3n) is 2.54. The van der Waals surface area contributed by atoms with Gasteiger partial charge in [0.25, 0.3) is 0 Å². The lowest BCUT2D eigenvalue weighted by Crippen LogP contribution is -2.22. The molecule has 1 fully saturated rings. The Hall–Kier alpha value is -0.370. The second kappa shape index (κ2) is 6.14. The van der Waals surface area contributed by atoms with Crippen LogP contribution in [0.2, 0.25) is 0 Å². The summed E-state index contributed by atoms with van der Waals surface area (Å²) in [6.45, 7) is 2.97. The maximum absolute atomic E-state index is 11.4. The van der Waals surface area contributed by atoms with Crippen molar-refractivity contribution in [1.29, 1.82) is 0 Å². The quantitative estimate of drug-likeness (QED) is 0.656. The van der Waals surface area contributed by atoms with Crippen LogP contribution in [0.4, 0.5) is 0 Å². The van der Waals surface area contributed by atoms with Crippen molar-refractivity contribution in [2.45, 2.75) is 58.0 Å². The fraction of sp³-hybridized carbons (Fsp3) is 0.909. The third kappa shape index (κ3) is 4.41. The predicted molar refractivity (Wildman–Crippen MR) is 52.7 cm³/mol. The molecule has 76 valence electrons. The van der Waals surface area contributed by atoms with Gasteiger partial charge in [-0.05, 0) is 25.7 Å². The lowest BCUT2D eigenvalue weighted by Gasteiger charge is -2.21. The molecule has 0 aromatic carbocycles. The zero-order valence-corrected chi connectivity index (χ0v) is 8.55. The summed E-state index contributed by atoms with van der Waals surface area (Å²) in [5, 5.41) is 0. The Kier molecular flexibility index (Phi) is 5.06. The molecule has 1 aliphatic heterocycles. The van der Waals surface area contributed by atoms with E-state index >= 15 is 0 Å². The number of ether oxygens (including phenoxy) is 1. The van der Waals surface area contributed by atoms with Gasteiger partial charge in [0.05, 0.1) is 6.10 Å². The van der Waals surface area contributed by atoms with Gasteiger partial charge in [-0.3, -0.25) is 4.79 Å². The Morgan fingerprint density at radius 2 is 2.31 bits per heavy atom. The summed E-state index contributed by atoms with van der Waals surface area (Å²) in [4.78, 5) is 11.4. The van der Waals surface area contributed by atoms with E-state index in [0.717, 1.165) is 32.3 Å². The highest BCUT2D eigenvalue weighted by molar-refractivity contribution is 5.78. The van der Waals surface area contributed by atoms with Gasteiger partial charge in [0.15, 0.2) is 0 Å². The number of carbonyl (C=O) groups excluding carboxylic acids is 1. The maximum atomic E-state index is 11.4. The Balaban J connectivity index is 2.11. The zero-order valence-electron chi connectivity index (χ0n) is 8.55. The highest BCUT2D eigenvalue weighted by atomic mass is 16.5. The van der Waals surface area contributed by atoms with E-state index in [0.29, 0.717) is 12.2 Å². The predicted octanol–water partition coefficient (Wildman–Crippen LogP) is 2.70. The van der Waals surface area contributed by atoms with Gasteiger partial charge in [-0.1, -0.05) is 13.3 Å². The Morgan fingerprint density at radius 3 is 2.92 bits per heavy atom. The molecule has 0 unspecified atom stereocenters. The Morgan fingerprint density at radius 1 is 1.46 bits per heavy atom. The smallest absolute Gasteiger partial charge is 0.135 e. The fourth-order valence-electron chi connectivity index (χ4n) is 1.70.